The number of rotatable bonds is 1. The molecule has 1 spiro atoms. The molecule has 0 aliphatic carbocycles. The largest absolute Gasteiger partial charge is 0.491 e. The normalized spacial score (nSPS) is 18.7. The Balaban J connectivity index is 1.31. The van der Waals surface area contributed by atoms with Gasteiger partial charge < -0.3 is 19.1 Å². The van der Waals surface area contributed by atoms with E-state index >= 15 is 0 Å². The fourth-order valence-electron chi connectivity index (χ4n) is 5.88. The van der Waals surface area contributed by atoms with Gasteiger partial charge in [-0.05, 0) is 55.9 Å². The molecule has 0 atom stereocenters. The number of carbonyl (C=O) groups excluding carboxylic acids is 2. The molecule has 1 saturated heterocycles. The molecule has 3 heterocycles. The molecule has 5 rings (SSSR count). The van der Waals surface area contributed by atoms with Crippen molar-refractivity contribution in [3.63, 3.8) is 0 Å². The summed E-state index contributed by atoms with van der Waals surface area (Å²) < 4.78 is 7.54. The third-order valence-electron chi connectivity index (χ3n) is 8.25. The molecule has 3 aromatic rings. The van der Waals surface area contributed by atoms with E-state index in [1.165, 1.54) is 10.1 Å². The van der Waals surface area contributed by atoms with E-state index in [1.54, 1.807) is 22.9 Å². The number of amides is 2. The highest BCUT2D eigenvalue weighted by molar-refractivity contribution is 5.94. The fourth-order valence-corrected chi connectivity index (χ4v) is 5.88. The van der Waals surface area contributed by atoms with Crippen molar-refractivity contribution in [3.05, 3.63) is 70.1 Å². The lowest BCUT2D eigenvalue weighted by atomic mass is 9.73. The Kier molecular flexibility index (Phi) is 7.49. The van der Waals surface area contributed by atoms with Gasteiger partial charge in [-0.25, -0.2) is 4.98 Å². The molecule has 2 amide bonds. The lowest BCUT2D eigenvalue weighted by molar-refractivity contribution is -0.144. The first-order chi connectivity index (χ1) is 18.4. The van der Waals surface area contributed by atoms with Crippen LogP contribution in [-0.4, -0.2) is 64.5 Å². The molecular formula is C30H36N4O4. The SMILES string of the molecule is CN1CCOc2ccccc2CCCCCC2(CCN(C(=O)c3nc4ccccc4n(C)c3=O)CC2)C1=O. The van der Waals surface area contributed by atoms with Crippen LogP contribution in [0.1, 0.15) is 54.6 Å². The minimum absolute atomic E-state index is 0.0581. The standard InChI is InChI=1S/C30H36N4O4/c1-32-20-21-38-25-14-8-5-11-22(25)10-4-3-9-15-30(29(32)37)16-18-34(19-17-30)28(36)26-27(35)33(2)24-13-7-6-12-23(24)31-26/h5-8,11-14H,3-4,9-10,15-21H2,1-2H3. The molecule has 38 heavy (non-hydrogen) atoms. The summed E-state index contributed by atoms with van der Waals surface area (Å²) in [6.45, 7) is 1.81. The zero-order valence-electron chi connectivity index (χ0n) is 22.3. The Morgan fingerprint density at radius 2 is 1.63 bits per heavy atom. The molecule has 0 unspecified atom stereocenters. The lowest BCUT2D eigenvalue weighted by Gasteiger charge is -2.42. The number of aryl methyl sites for hydroxylation is 2. The van der Waals surface area contributed by atoms with E-state index in [9.17, 15) is 14.4 Å². The van der Waals surface area contributed by atoms with Crippen LogP contribution in [0, 0.1) is 5.41 Å². The first-order valence-corrected chi connectivity index (χ1v) is 13.6. The first kappa shape index (κ1) is 25.9. The van der Waals surface area contributed by atoms with Gasteiger partial charge in [0.2, 0.25) is 5.91 Å². The maximum absolute atomic E-state index is 13.8. The maximum Gasteiger partial charge on any atom is 0.282 e. The van der Waals surface area contributed by atoms with Gasteiger partial charge in [0.05, 0.1) is 23.0 Å². The lowest BCUT2D eigenvalue weighted by Crippen LogP contribution is -2.51. The van der Waals surface area contributed by atoms with Crippen LogP contribution in [0.15, 0.2) is 53.3 Å². The maximum atomic E-state index is 13.8. The molecule has 1 aromatic heterocycles. The number of fused-ring (bicyclic) bond motifs is 2. The summed E-state index contributed by atoms with van der Waals surface area (Å²) in [6, 6.07) is 15.5. The number of piperidine rings is 1. The van der Waals surface area contributed by atoms with E-state index in [0.717, 1.165) is 37.9 Å². The zero-order chi connectivity index (χ0) is 26.7. The summed E-state index contributed by atoms with van der Waals surface area (Å²) in [5.74, 6) is 0.672. The predicted molar refractivity (Wildman–Crippen MR) is 146 cm³/mol. The van der Waals surface area contributed by atoms with Crippen molar-refractivity contribution in [2.45, 2.75) is 44.9 Å². The Bertz CT molecular complexity index is 1390. The molecule has 8 heteroatoms. The van der Waals surface area contributed by atoms with Crippen molar-refractivity contribution in [2.24, 2.45) is 12.5 Å². The van der Waals surface area contributed by atoms with E-state index in [4.69, 9.17) is 4.74 Å². The van der Waals surface area contributed by atoms with Gasteiger partial charge in [0, 0.05) is 27.2 Å². The second-order valence-corrected chi connectivity index (χ2v) is 10.6. The van der Waals surface area contributed by atoms with Crippen LogP contribution in [0.25, 0.3) is 11.0 Å². The van der Waals surface area contributed by atoms with Gasteiger partial charge in [0.15, 0.2) is 5.69 Å². The van der Waals surface area contributed by atoms with E-state index in [-0.39, 0.29) is 17.5 Å². The van der Waals surface area contributed by atoms with Crippen molar-refractivity contribution in [1.29, 1.82) is 0 Å². The van der Waals surface area contributed by atoms with Crippen molar-refractivity contribution in [1.82, 2.24) is 19.4 Å². The van der Waals surface area contributed by atoms with Crippen LogP contribution in [0.5, 0.6) is 5.75 Å². The summed E-state index contributed by atoms with van der Waals surface area (Å²) in [5, 5.41) is 0. The molecule has 0 radical (unpaired) electrons. The van der Waals surface area contributed by atoms with Crippen LogP contribution in [0.3, 0.4) is 0 Å². The molecule has 0 bridgehead atoms. The van der Waals surface area contributed by atoms with E-state index in [0.29, 0.717) is 50.1 Å². The molecule has 0 N–H and O–H groups in total. The predicted octanol–water partition coefficient (Wildman–Crippen LogP) is 3.81. The van der Waals surface area contributed by atoms with Crippen LogP contribution in [0.4, 0.5) is 0 Å². The number of likely N-dealkylation sites (tertiary alicyclic amines) is 1. The quantitative estimate of drug-likeness (QED) is 0.491. The summed E-state index contributed by atoms with van der Waals surface area (Å²) >= 11 is 0. The summed E-state index contributed by atoms with van der Waals surface area (Å²) in [6.07, 6.45) is 5.96. The van der Waals surface area contributed by atoms with Gasteiger partial charge >= 0.3 is 0 Å². The molecular weight excluding hydrogens is 480 g/mol. The Labute approximate surface area is 223 Å². The third kappa shape index (κ3) is 5.04. The highest BCUT2D eigenvalue weighted by Gasteiger charge is 2.43. The van der Waals surface area contributed by atoms with E-state index < -0.39 is 11.0 Å². The molecule has 1 fully saturated rings. The number of aromatic nitrogens is 2. The van der Waals surface area contributed by atoms with Crippen LogP contribution in [-0.2, 0) is 18.3 Å². The van der Waals surface area contributed by atoms with Gasteiger partial charge in [-0.15, -0.1) is 0 Å². The van der Waals surface area contributed by atoms with Gasteiger partial charge in [-0.2, -0.15) is 0 Å². The molecule has 2 aromatic carbocycles. The van der Waals surface area contributed by atoms with Crippen LogP contribution in [0.2, 0.25) is 0 Å². The summed E-state index contributed by atoms with van der Waals surface area (Å²) in [7, 11) is 3.51. The van der Waals surface area contributed by atoms with Crippen LogP contribution >= 0.6 is 0 Å². The number of hydrogen-bond donors (Lipinski definition) is 0. The average Bonchev–Trinajstić information content (AvgIpc) is 2.95. The fraction of sp³-hybridized carbons (Fsp3) is 0.467. The number of hydrogen-bond acceptors (Lipinski definition) is 5. The number of likely N-dealkylation sites (N-methyl/N-ethyl adjacent to an activating group) is 1. The second-order valence-electron chi connectivity index (χ2n) is 10.6. The molecule has 200 valence electrons. The molecule has 2 aliphatic rings. The van der Waals surface area contributed by atoms with Gasteiger partial charge in [0.1, 0.15) is 12.4 Å². The first-order valence-electron chi connectivity index (χ1n) is 13.6. The van der Waals surface area contributed by atoms with Crippen molar-refractivity contribution >= 4 is 22.8 Å². The van der Waals surface area contributed by atoms with Gasteiger partial charge in [0.25, 0.3) is 11.5 Å². The van der Waals surface area contributed by atoms with E-state index in [2.05, 4.69) is 11.1 Å². The Hall–Kier alpha value is -3.68. The second kappa shape index (κ2) is 11.0. The summed E-state index contributed by atoms with van der Waals surface area (Å²) in [4.78, 5) is 48.1. The minimum Gasteiger partial charge on any atom is -0.491 e. The zero-order valence-corrected chi connectivity index (χ0v) is 22.3. The third-order valence-corrected chi connectivity index (χ3v) is 8.25. The number of para-hydroxylation sites is 3. The van der Waals surface area contributed by atoms with Crippen molar-refractivity contribution < 1.29 is 14.3 Å². The van der Waals surface area contributed by atoms with Gasteiger partial charge in [-0.3, -0.25) is 14.4 Å². The number of benzene rings is 2. The van der Waals surface area contributed by atoms with Gasteiger partial charge in [-0.1, -0.05) is 43.2 Å². The topological polar surface area (TPSA) is 84.7 Å². The smallest absolute Gasteiger partial charge is 0.282 e. The monoisotopic (exact) mass is 516 g/mol. The summed E-state index contributed by atoms with van der Waals surface area (Å²) in [5.41, 5.74) is 1.56. The molecule has 2 aliphatic heterocycles. The Morgan fingerprint density at radius 1 is 0.895 bits per heavy atom. The number of ether oxygens (including phenoxy) is 1. The number of carbonyl (C=O) groups is 2. The Morgan fingerprint density at radius 3 is 2.45 bits per heavy atom. The highest BCUT2D eigenvalue weighted by Crippen LogP contribution is 2.39. The highest BCUT2D eigenvalue weighted by atomic mass is 16.5. The molecule has 0 saturated carbocycles. The van der Waals surface area contributed by atoms with E-state index in [1.807, 2.05) is 43.4 Å². The molecule has 8 nitrogen and oxygen atoms in total. The van der Waals surface area contributed by atoms with Crippen LogP contribution < -0.4 is 10.3 Å². The minimum atomic E-state index is -0.506. The number of nitrogens with zero attached hydrogens (tertiary/aromatic N) is 4. The van der Waals surface area contributed by atoms with Crippen molar-refractivity contribution in [3.8, 4) is 5.75 Å². The average molecular weight is 517 g/mol. The van der Waals surface area contributed by atoms with Crippen molar-refractivity contribution in [2.75, 3.05) is 33.3 Å².